The number of hydrogen-bond acceptors (Lipinski definition) is 4. The number of amides is 1. The van der Waals surface area contributed by atoms with E-state index in [9.17, 15) is 4.79 Å². The predicted molar refractivity (Wildman–Crippen MR) is 52.6 cm³/mol. The molecule has 0 unspecified atom stereocenters. The Labute approximate surface area is 85.6 Å². The Morgan fingerprint density at radius 2 is 2.07 bits per heavy atom. The lowest BCUT2D eigenvalue weighted by Gasteiger charge is -2.02. The van der Waals surface area contributed by atoms with E-state index < -0.39 is 6.09 Å². The van der Waals surface area contributed by atoms with E-state index >= 15 is 0 Å². The number of rotatable bonds is 2. The average molecular weight is 204 g/mol. The number of aromatic nitrogens is 1. The van der Waals surface area contributed by atoms with Crippen LogP contribution in [0.1, 0.15) is 0 Å². The molecule has 5 heteroatoms. The fourth-order valence-corrected chi connectivity index (χ4v) is 1.01. The third-order valence-electron chi connectivity index (χ3n) is 1.63. The van der Waals surface area contributed by atoms with Crippen LogP contribution >= 0.6 is 0 Å². The maximum atomic E-state index is 11.3. The van der Waals surface area contributed by atoms with E-state index in [2.05, 4.69) is 15.0 Å². The van der Waals surface area contributed by atoms with E-state index in [1.807, 2.05) is 18.2 Å². The minimum Gasteiger partial charge on any atom is -0.388 e. The fourth-order valence-electron chi connectivity index (χ4n) is 1.01. The van der Waals surface area contributed by atoms with E-state index in [1.165, 1.54) is 12.3 Å². The summed E-state index contributed by atoms with van der Waals surface area (Å²) in [5.41, 5.74) is 0.658. The summed E-state index contributed by atoms with van der Waals surface area (Å²) in [7, 11) is 0. The lowest BCUT2D eigenvalue weighted by Crippen LogP contribution is -2.16. The van der Waals surface area contributed by atoms with Crippen molar-refractivity contribution < 1.29 is 14.1 Å². The quantitative estimate of drug-likeness (QED) is 0.815. The molecule has 1 aromatic heterocycles. The van der Waals surface area contributed by atoms with Crippen LogP contribution in [0.2, 0.25) is 0 Å². The maximum absolute atomic E-state index is 11.3. The van der Waals surface area contributed by atoms with Gasteiger partial charge in [-0.2, -0.15) is 0 Å². The van der Waals surface area contributed by atoms with Gasteiger partial charge in [-0.25, -0.2) is 4.79 Å². The van der Waals surface area contributed by atoms with Gasteiger partial charge in [-0.15, -0.1) is 0 Å². The molecule has 5 nitrogen and oxygen atoms in total. The second-order valence-corrected chi connectivity index (χ2v) is 2.72. The van der Waals surface area contributed by atoms with Crippen molar-refractivity contribution in [3.8, 4) is 5.88 Å². The SMILES string of the molecule is O=C(Nc1ccccc1)Oc1ccon1. The fraction of sp³-hybridized carbons (Fsp3) is 0. The molecule has 0 aliphatic rings. The number of para-hydroxylation sites is 1. The molecule has 0 saturated heterocycles. The molecule has 0 fully saturated rings. The van der Waals surface area contributed by atoms with E-state index in [1.54, 1.807) is 12.1 Å². The van der Waals surface area contributed by atoms with Crippen molar-refractivity contribution in [3.63, 3.8) is 0 Å². The zero-order chi connectivity index (χ0) is 10.5. The van der Waals surface area contributed by atoms with Gasteiger partial charge in [0, 0.05) is 11.8 Å². The molecule has 2 rings (SSSR count). The highest BCUT2D eigenvalue weighted by molar-refractivity contribution is 5.85. The molecule has 1 aromatic carbocycles. The first-order chi connectivity index (χ1) is 7.34. The second kappa shape index (κ2) is 4.28. The summed E-state index contributed by atoms with van der Waals surface area (Å²) in [5.74, 6) is 0.128. The summed E-state index contributed by atoms with van der Waals surface area (Å²) in [5, 5.41) is 5.98. The van der Waals surface area contributed by atoms with Crippen LogP contribution in [0.15, 0.2) is 47.2 Å². The number of nitrogens with zero attached hydrogens (tertiary/aromatic N) is 1. The van der Waals surface area contributed by atoms with Crippen LogP contribution in [-0.2, 0) is 0 Å². The summed E-state index contributed by atoms with van der Waals surface area (Å²) in [6.45, 7) is 0. The molecule has 15 heavy (non-hydrogen) atoms. The highest BCUT2D eigenvalue weighted by atomic mass is 16.6. The Balaban J connectivity index is 1.94. The van der Waals surface area contributed by atoms with Gasteiger partial charge in [0.1, 0.15) is 6.26 Å². The van der Waals surface area contributed by atoms with Crippen molar-refractivity contribution in [3.05, 3.63) is 42.7 Å². The second-order valence-electron chi connectivity index (χ2n) is 2.72. The molecular weight excluding hydrogens is 196 g/mol. The average Bonchev–Trinajstić information content (AvgIpc) is 2.71. The van der Waals surface area contributed by atoms with Gasteiger partial charge >= 0.3 is 6.09 Å². The molecule has 0 radical (unpaired) electrons. The number of carbonyl (C=O) groups excluding carboxylic acids is 1. The number of carbonyl (C=O) groups is 1. The number of nitrogens with one attached hydrogen (secondary N) is 1. The standard InChI is InChI=1S/C10H8N2O3/c13-10(15-9-6-7-14-12-9)11-8-4-2-1-3-5-8/h1-7H,(H,11,13). The van der Waals surface area contributed by atoms with E-state index in [0.29, 0.717) is 5.69 Å². The van der Waals surface area contributed by atoms with Crippen LogP contribution < -0.4 is 10.1 Å². The number of anilines is 1. The van der Waals surface area contributed by atoms with Gasteiger partial charge in [-0.3, -0.25) is 5.32 Å². The topological polar surface area (TPSA) is 64.4 Å². The summed E-state index contributed by atoms with van der Waals surface area (Å²) in [6.07, 6.45) is 0.723. The van der Waals surface area contributed by atoms with Crippen LogP contribution in [0.3, 0.4) is 0 Å². The molecule has 1 amide bonds. The Morgan fingerprint density at radius 1 is 1.27 bits per heavy atom. The highest BCUT2D eigenvalue weighted by Gasteiger charge is 2.06. The van der Waals surface area contributed by atoms with E-state index in [-0.39, 0.29) is 5.88 Å². The molecule has 1 N–H and O–H groups in total. The molecule has 0 aliphatic carbocycles. The molecular formula is C10H8N2O3. The molecule has 2 aromatic rings. The van der Waals surface area contributed by atoms with Crippen LogP contribution in [-0.4, -0.2) is 11.2 Å². The summed E-state index contributed by atoms with van der Waals surface area (Å²) >= 11 is 0. The molecule has 0 atom stereocenters. The lowest BCUT2D eigenvalue weighted by atomic mass is 10.3. The Hall–Kier alpha value is -2.30. The number of benzene rings is 1. The van der Waals surface area contributed by atoms with Gasteiger partial charge in [-0.05, 0) is 17.3 Å². The van der Waals surface area contributed by atoms with E-state index in [0.717, 1.165) is 0 Å². The lowest BCUT2D eigenvalue weighted by molar-refractivity contribution is 0.210. The Bertz CT molecular complexity index is 425. The molecule has 76 valence electrons. The van der Waals surface area contributed by atoms with Gasteiger partial charge in [-0.1, -0.05) is 18.2 Å². The van der Waals surface area contributed by atoms with Gasteiger partial charge in [0.15, 0.2) is 0 Å². The first kappa shape index (κ1) is 9.26. The summed E-state index contributed by atoms with van der Waals surface area (Å²) in [6, 6.07) is 10.4. The van der Waals surface area contributed by atoms with Gasteiger partial charge in [0.25, 0.3) is 5.88 Å². The molecule has 0 bridgehead atoms. The van der Waals surface area contributed by atoms with Crippen molar-refractivity contribution in [2.75, 3.05) is 5.32 Å². The third kappa shape index (κ3) is 2.57. The first-order valence-corrected chi connectivity index (χ1v) is 4.29. The zero-order valence-electron chi connectivity index (χ0n) is 7.71. The van der Waals surface area contributed by atoms with Crippen LogP contribution in [0.25, 0.3) is 0 Å². The van der Waals surface area contributed by atoms with Crippen LogP contribution in [0.5, 0.6) is 5.88 Å². The highest BCUT2D eigenvalue weighted by Crippen LogP contribution is 2.08. The Kier molecular flexibility index (Phi) is 2.64. The predicted octanol–water partition coefficient (Wildman–Crippen LogP) is 2.29. The van der Waals surface area contributed by atoms with E-state index in [4.69, 9.17) is 4.74 Å². The first-order valence-electron chi connectivity index (χ1n) is 4.29. The normalized spacial score (nSPS) is 9.60. The van der Waals surface area contributed by atoms with Crippen LogP contribution in [0.4, 0.5) is 10.5 Å². The maximum Gasteiger partial charge on any atom is 0.418 e. The van der Waals surface area contributed by atoms with Crippen molar-refractivity contribution in [2.45, 2.75) is 0 Å². The number of hydrogen-bond donors (Lipinski definition) is 1. The van der Waals surface area contributed by atoms with Gasteiger partial charge < -0.3 is 9.26 Å². The summed E-state index contributed by atoms with van der Waals surface area (Å²) in [4.78, 5) is 11.3. The van der Waals surface area contributed by atoms with Crippen molar-refractivity contribution in [2.24, 2.45) is 0 Å². The molecule has 0 saturated carbocycles. The van der Waals surface area contributed by atoms with Gasteiger partial charge in [0.2, 0.25) is 0 Å². The smallest absolute Gasteiger partial charge is 0.388 e. The third-order valence-corrected chi connectivity index (χ3v) is 1.63. The monoisotopic (exact) mass is 204 g/mol. The van der Waals surface area contributed by atoms with Crippen LogP contribution in [0, 0.1) is 0 Å². The largest absolute Gasteiger partial charge is 0.418 e. The van der Waals surface area contributed by atoms with Crippen molar-refractivity contribution in [1.82, 2.24) is 5.16 Å². The van der Waals surface area contributed by atoms with Gasteiger partial charge in [0.05, 0.1) is 0 Å². The molecule has 1 heterocycles. The minimum absolute atomic E-state index is 0.128. The Morgan fingerprint density at radius 3 is 2.73 bits per heavy atom. The summed E-state index contributed by atoms with van der Waals surface area (Å²) < 4.78 is 9.31. The van der Waals surface area contributed by atoms with Crippen molar-refractivity contribution >= 4 is 11.8 Å². The molecule has 0 aliphatic heterocycles. The van der Waals surface area contributed by atoms with Crippen molar-refractivity contribution in [1.29, 1.82) is 0 Å². The zero-order valence-corrected chi connectivity index (χ0v) is 7.71. The minimum atomic E-state index is -0.602. The number of ether oxygens (including phenoxy) is 1. The molecule has 0 spiro atoms.